The van der Waals surface area contributed by atoms with Crippen LogP contribution in [0.5, 0.6) is 11.6 Å². The number of rotatable bonds is 4. The predicted molar refractivity (Wildman–Crippen MR) is 77.5 cm³/mol. The molecule has 0 atom stereocenters. The van der Waals surface area contributed by atoms with Crippen LogP contribution in [0.4, 0.5) is 0 Å². The number of imide groups is 1. The highest BCUT2D eigenvalue weighted by molar-refractivity contribution is 6.21. The van der Waals surface area contributed by atoms with Crippen molar-refractivity contribution in [2.75, 3.05) is 14.2 Å². The smallest absolute Gasteiger partial charge is 0.373 e. The zero-order valence-corrected chi connectivity index (χ0v) is 12.7. The van der Waals surface area contributed by atoms with Crippen molar-refractivity contribution in [3.63, 3.8) is 0 Å². The number of methoxy groups -OCH3 is 2. The van der Waals surface area contributed by atoms with Crippen LogP contribution < -0.4 is 9.47 Å². The lowest BCUT2D eigenvalue weighted by molar-refractivity contribution is -0.0588. The maximum Gasteiger partial charge on any atom is 0.373 e. The lowest BCUT2D eigenvalue weighted by Gasteiger charge is -2.14. The molecule has 0 saturated heterocycles. The van der Waals surface area contributed by atoms with Crippen LogP contribution in [0, 0.1) is 0 Å². The van der Waals surface area contributed by atoms with E-state index >= 15 is 0 Å². The quantitative estimate of drug-likeness (QED) is 0.760. The number of aromatic nitrogens is 2. The molecule has 0 bridgehead atoms. The first-order chi connectivity index (χ1) is 11.6. The van der Waals surface area contributed by atoms with Gasteiger partial charge in [-0.1, -0.05) is 17.2 Å². The molecular weight excluding hydrogens is 318 g/mol. The van der Waals surface area contributed by atoms with Gasteiger partial charge in [0.1, 0.15) is 0 Å². The topological polar surface area (TPSA) is 108 Å². The van der Waals surface area contributed by atoms with E-state index in [-0.39, 0.29) is 28.3 Å². The number of fused-ring (bicyclic) bond motifs is 1. The molecule has 1 aromatic carbocycles. The molecule has 1 aliphatic heterocycles. The van der Waals surface area contributed by atoms with Crippen LogP contribution in [-0.2, 0) is 4.84 Å². The average Bonchev–Trinajstić information content (AvgIpc) is 2.86. The Balaban J connectivity index is 1.92. The number of amides is 2. The van der Waals surface area contributed by atoms with Crippen molar-refractivity contribution >= 4 is 17.8 Å². The highest BCUT2D eigenvalue weighted by atomic mass is 16.7. The Labute approximate surface area is 135 Å². The second-order valence-corrected chi connectivity index (χ2v) is 4.63. The van der Waals surface area contributed by atoms with E-state index in [0.717, 1.165) is 0 Å². The van der Waals surface area contributed by atoms with Crippen molar-refractivity contribution in [2.24, 2.45) is 0 Å². The highest BCUT2D eigenvalue weighted by Crippen LogP contribution is 2.28. The number of carbonyl (C=O) groups is 3. The third-order valence-corrected chi connectivity index (χ3v) is 3.33. The molecule has 1 aliphatic rings. The van der Waals surface area contributed by atoms with Crippen LogP contribution in [0.15, 0.2) is 30.5 Å². The molecule has 0 N–H and O–H groups in total. The van der Waals surface area contributed by atoms with Crippen molar-refractivity contribution in [3.05, 3.63) is 47.2 Å². The largest absolute Gasteiger partial charge is 0.494 e. The van der Waals surface area contributed by atoms with E-state index in [1.54, 1.807) is 12.1 Å². The molecule has 0 spiro atoms. The zero-order chi connectivity index (χ0) is 17.3. The molecule has 0 fully saturated rings. The summed E-state index contributed by atoms with van der Waals surface area (Å²) in [5.41, 5.74) is 0.121. The van der Waals surface area contributed by atoms with Crippen LogP contribution in [0.1, 0.15) is 31.1 Å². The minimum Gasteiger partial charge on any atom is -0.494 e. The summed E-state index contributed by atoms with van der Waals surface area (Å²) >= 11 is 0. The summed E-state index contributed by atoms with van der Waals surface area (Å²) < 4.78 is 9.96. The summed E-state index contributed by atoms with van der Waals surface area (Å²) in [7, 11) is 2.59. The van der Waals surface area contributed by atoms with E-state index < -0.39 is 17.8 Å². The van der Waals surface area contributed by atoms with Gasteiger partial charge in [0, 0.05) is 0 Å². The molecule has 24 heavy (non-hydrogen) atoms. The molecule has 0 unspecified atom stereocenters. The maximum absolute atomic E-state index is 12.4. The molecule has 2 aromatic rings. The Morgan fingerprint density at radius 1 is 1.04 bits per heavy atom. The normalized spacial score (nSPS) is 12.8. The molecule has 0 aliphatic carbocycles. The summed E-state index contributed by atoms with van der Waals surface area (Å²) in [5, 5.41) is 7.64. The van der Waals surface area contributed by atoms with Gasteiger partial charge in [-0.2, -0.15) is 5.10 Å². The number of nitrogens with zero attached hydrogens (tertiary/aromatic N) is 3. The lowest BCUT2D eigenvalue weighted by atomic mass is 10.1. The van der Waals surface area contributed by atoms with Crippen molar-refractivity contribution in [3.8, 4) is 11.6 Å². The molecule has 1 aromatic heterocycles. The summed E-state index contributed by atoms with van der Waals surface area (Å²) in [6.07, 6.45) is 1.18. The summed E-state index contributed by atoms with van der Waals surface area (Å²) in [4.78, 5) is 41.8. The van der Waals surface area contributed by atoms with Gasteiger partial charge < -0.3 is 14.3 Å². The minimum atomic E-state index is -1.03. The molecule has 9 nitrogen and oxygen atoms in total. The molecule has 3 rings (SSSR count). The molecule has 9 heteroatoms. The third-order valence-electron chi connectivity index (χ3n) is 3.33. The summed E-state index contributed by atoms with van der Waals surface area (Å²) in [5.74, 6) is -2.62. The van der Waals surface area contributed by atoms with E-state index in [1.807, 2.05) is 0 Å². The standard InChI is InChI=1S/C15H11N3O6/c1-22-10-7-16-17-12(23-2)11(10)15(21)24-18-13(19)8-5-3-4-6-9(8)14(18)20/h3-7H,1-2H3. The van der Waals surface area contributed by atoms with Gasteiger partial charge in [0.2, 0.25) is 0 Å². The second kappa shape index (κ2) is 5.95. The fourth-order valence-corrected chi connectivity index (χ4v) is 2.22. The Hall–Kier alpha value is -3.49. The van der Waals surface area contributed by atoms with Crippen molar-refractivity contribution in [2.45, 2.75) is 0 Å². The monoisotopic (exact) mass is 329 g/mol. The fraction of sp³-hybridized carbons (Fsp3) is 0.133. The van der Waals surface area contributed by atoms with E-state index in [1.165, 1.54) is 32.5 Å². The van der Waals surface area contributed by atoms with Gasteiger partial charge in [-0.05, 0) is 12.1 Å². The van der Waals surface area contributed by atoms with Crippen molar-refractivity contribution in [1.29, 1.82) is 0 Å². The molecule has 2 amide bonds. The lowest BCUT2D eigenvalue weighted by Crippen LogP contribution is -2.33. The van der Waals surface area contributed by atoms with Crippen LogP contribution in [-0.4, -0.2) is 47.3 Å². The van der Waals surface area contributed by atoms with Gasteiger partial charge in [-0.25, -0.2) is 4.79 Å². The first kappa shape index (κ1) is 15.4. The van der Waals surface area contributed by atoms with Crippen molar-refractivity contribution in [1.82, 2.24) is 15.3 Å². The van der Waals surface area contributed by atoms with Gasteiger partial charge >= 0.3 is 5.97 Å². The van der Waals surface area contributed by atoms with E-state index in [4.69, 9.17) is 14.3 Å². The van der Waals surface area contributed by atoms with Gasteiger partial charge in [0.25, 0.3) is 17.7 Å². The van der Waals surface area contributed by atoms with E-state index in [9.17, 15) is 14.4 Å². The van der Waals surface area contributed by atoms with Crippen LogP contribution in [0.25, 0.3) is 0 Å². The number of benzene rings is 1. The number of hydrogen-bond acceptors (Lipinski definition) is 8. The zero-order valence-electron chi connectivity index (χ0n) is 12.7. The van der Waals surface area contributed by atoms with Crippen LogP contribution in [0.3, 0.4) is 0 Å². The van der Waals surface area contributed by atoms with Crippen LogP contribution in [0.2, 0.25) is 0 Å². The Bertz CT molecular complexity index is 794. The SMILES string of the molecule is COc1cnnc(OC)c1C(=O)ON1C(=O)c2ccccc2C1=O. The number of hydrogen-bond donors (Lipinski definition) is 0. The van der Waals surface area contributed by atoms with Gasteiger partial charge in [-0.3, -0.25) is 9.59 Å². The Morgan fingerprint density at radius 3 is 2.21 bits per heavy atom. The summed E-state index contributed by atoms with van der Waals surface area (Å²) in [6, 6.07) is 6.15. The molecule has 2 heterocycles. The highest BCUT2D eigenvalue weighted by Gasteiger charge is 2.39. The molecule has 122 valence electrons. The first-order valence-corrected chi connectivity index (χ1v) is 6.72. The second-order valence-electron chi connectivity index (χ2n) is 4.63. The van der Waals surface area contributed by atoms with E-state index in [0.29, 0.717) is 5.06 Å². The van der Waals surface area contributed by atoms with Gasteiger partial charge in [0.15, 0.2) is 11.3 Å². The molecule has 0 radical (unpaired) electrons. The number of carbonyl (C=O) groups excluding carboxylic acids is 3. The third kappa shape index (κ3) is 2.32. The Morgan fingerprint density at radius 2 is 1.67 bits per heavy atom. The fourth-order valence-electron chi connectivity index (χ4n) is 2.22. The maximum atomic E-state index is 12.4. The number of hydroxylamine groups is 2. The van der Waals surface area contributed by atoms with E-state index in [2.05, 4.69) is 10.2 Å². The predicted octanol–water partition coefficient (Wildman–Crippen LogP) is 0.862. The van der Waals surface area contributed by atoms with Crippen LogP contribution >= 0.6 is 0 Å². The number of ether oxygens (including phenoxy) is 2. The first-order valence-electron chi connectivity index (χ1n) is 6.72. The molecule has 0 saturated carbocycles. The minimum absolute atomic E-state index is 0.0310. The van der Waals surface area contributed by atoms with Gasteiger partial charge in [-0.15, -0.1) is 5.10 Å². The average molecular weight is 329 g/mol. The van der Waals surface area contributed by atoms with Crippen molar-refractivity contribution < 1.29 is 28.7 Å². The Kier molecular flexibility index (Phi) is 3.82. The summed E-state index contributed by atoms with van der Waals surface area (Å²) in [6.45, 7) is 0. The van der Waals surface area contributed by atoms with Gasteiger partial charge in [0.05, 0.1) is 31.5 Å². The molecular formula is C15H11N3O6.